The van der Waals surface area contributed by atoms with E-state index in [1.807, 2.05) is 25.7 Å². The molecule has 5 heteroatoms. The van der Waals surface area contributed by atoms with Crippen molar-refractivity contribution in [1.82, 2.24) is 9.47 Å². The van der Waals surface area contributed by atoms with Gasteiger partial charge in [-0.15, -0.1) is 0 Å². The number of nitrogens with zero attached hydrogens (tertiary/aromatic N) is 2. The van der Waals surface area contributed by atoms with E-state index in [2.05, 4.69) is 59.6 Å². The Morgan fingerprint density at radius 2 is 1.96 bits per heavy atom. The molecule has 3 rings (SSSR count). The second-order valence-electron chi connectivity index (χ2n) is 7.98. The van der Waals surface area contributed by atoms with E-state index in [0.29, 0.717) is 6.54 Å². The van der Waals surface area contributed by atoms with Crippen LogP contribution < -0.4 is 0 Å². The summed E-state index contributed by atoms with van der Waals surface area (Å²) in [6.45, 7) is 10.6. The fourth-order valence-corrected chi connectivity index (χ4v) is 4.06. The van der Waals surface area contributed by atoms with Crippen molar-refractivity contribution >= 4 is 32.9 Å². The molecule has 1 aliphatic rings. The van der Waals surface area contributed by atoms with Gasteiger partial charge in [-0.2, -0.15) is 0 Å². The Kier molecular flexibility index (Phi) is 3.98. The molecule has 1 aromatic carbocycles. The van der Waals surface area contributed by atoms with E-state index >= 15 is 0 Å². The van der Waals surface area contributed by atoms with Crippen LogP contribution in [0.4, 0.5) is 4.79 Å². The minimum Gasteiger partial charge on any atom is -0.444 e. The topological polar surface area (TPSA) is 34.5 Å². The SMILES string of the molecule is Cn1c2c(c3ccc(Br)cc31)C(C)(C)N(C(=O)OC(C)(C)C)CC2. The monoisotopic (exact) mass is 392 g/mol. The van der Waals surface area contributed by atoms with Gasteiger partial charge in [-0.3, -0.25) is 4.90 Å². The number of hydrogen-bond acceptors (Lipinski definition) is 2. The van der Waals surface area contributed by atoms with Gasteiger partial charge in [0.15, 0.2) is 0 Å². The number of hydrogen-bond donors (Lipinski definition) is 0. The lowest BCUT2D eigenvalue weighted by Gasteiger charge is -2.43. The fraction of sp³-hybridized carbons (Fsp3) is 0.526. The minimum absolute atomic E-state index is 0.243. The molecule has 0 N–H and O–H groups in total. The Morgan fingerprint density at radius 3 is 2.58 bits per heavy atom. The first-order valence-electron chi connectivity index (χ1n) is 8.30. The highest BCUT2D eigenvalue weighted by atomic mass is 79.9. The smallest absolute Gasteiger partial charge is 0.411 e. The zero-order valence-electron chi connectivity index (χ0n) is 15.2. The van der Waals surface area contributed by atoms with Gasteiger partial charge in [-0.1, -0.05) is 22.0 Å². The van der Waals surface area contributed by atoms with E-state index in [9.17, 15) is 4.79 Å². The number of carbonyl (C=O) groups excluding carboxylic acids is 1. The lowest BCUT2D eigenvalue weighted by molar-refractivity contribution is -0.000258. The standard InChI is InChI=1S/C19H25BrN2O2/c1-18(2,3)24-17(23)22-10-9-14-16(19(22,4)5)13-8-7-12(20)11-15(13)21(14)6/h7-8,11H,9-10H2,1-6H3. The van der Waals surface area contributed by atoms with Crippen LogP contribution in [0.3, 0.4) is 0 Å². The molecule has 0 atom stereocenters. The summed E-state index contributed by atoms with van der Waals surface area (Å²) >= 11 is 3.56. The van der Waals surface area contributed by atoms with Crippen LogP contribution in [0.5, 0.6) is 0 Å². The first-order chi connectivity index (χ1) is 11.0. The van der Waals surface area contributed by atoms with Gasteiger partial charge in [0.2, 0.25) is 0 Å². The number of aryl methyl sites for hydroxylation is 1. The number of aromatic nitrogens is 1. The molecule has 0 unspecified atom stereocenters. The summed E-state index contributed by atoms with van der Waals surface area (Å²) in [7, 11) is 2.10. The summed E-state index contributed by atoms with van der Waals surface area (Å²) in [5.41, 5.74) is 2.81. The highest BCUT2D eigenvalue weighted by Gasteiger charge is 2.42. The third-order valence-corrected chi connectivity index (χ3v) is 5.25. The molecule has 0 radical (unpaired) electrons. The zero-order chi connectivity index (χ0) is 17.9. The third kappa shape index (κ3) is 2.73. The number of ether oxygens (including phenoxy) is 1. The van der Waals surface area contributed by atoms with Crippen molar-refractivity contribution in [2.24, 2.45) is 7.05 Å². The predicted octanol–water partition coefficient (Wildman–Crippen LogP) is 4.97. The van der Waals surface area contributed by atoms with Gasteiger partial charge in [0.1, 0.15) is 5.60 Å². The molecule has 24 heavy (non-hydrogen) atoms. The molecule has 0 saturated carbocycles. The van der Waals surface area contributed by atoms with Crippen molar-refractivity contribution in [3.05, 3.63) is 33.9 Å². The molecule has 1 amide bonds. The van der Waals surface area contributed by atoms with Crippen molar-refractivity contribution in [3.63, 3.8) is 0 Å². The average Bonchev–Trinajstić information content (AvgIpc) is 2.71. The van der Waals surface area contributed by atoms with Crippen molar-refractivity contribution < 1.29 is 9.53 Å². The number of fused-ring (bicyclic) bond motifs is 3. The van der Waals surface area contributed by atoms with Crippen LogP contribution in [-0.2, 0) is 23.7 Å². The number of benzene rings is 1. The van der Waals surface area contributed by atoms with E-state index in [1.54, 1.807) is 0 Å². The lowest BCUT2D eigenvalue weighted by atomic mass is 9.85. The van der Waals surface area contributed by atoms with Crippen molar-refractivity contribution in [2.75, 3.05) is 6.54 Å². The van der Waals surface area contributed by atoms with E-state index in [-0.39, 0.29) is 6.09 Å². The van der Waals surface area contributed by atoms with Gasteiger partial charge in [0.05, 0.1) is 5.54 Å². The first-order valence-corrected chi connectivity index (χ1v) is 9.09. The van der Waals surface area contributed by atoms with E-state index in [1.165, 1.54) is 22.2 Å². The predicted molar refractivity (Wildman–Crippen MR) is 100 cm³/mol. The van der Waals surface area contributed by atoms with Crippen LogP contribution in [0, 0.1) is 0 Å². The van der Waals surface area contributed by atoms with Gasteiger partial charge in [-0.05, 0) is 46.8 Å². The zero-order valence-corrected chi connectivity index (χ0v) is 16.8. The highest BCUT2D eigenvalue weighted by molar-refractivity contribution is 9.10. The molecule has 0 fully saturated rings. The van der Waals surface area contributed by atoms with Gasteiger partial charge in [-0.25, -0.2) is 4.79 Å². The minimum atomic E-state index is -0.489. The van der Waals surface area contributed by atoms with Gasteiger partial charge < -0.3 is 9.30 Å². The maximum Gasteiger partial charge on any atom is 0.411 e. The number of halogens is 1. The number of amides is 1. The van der Waals surface area contributed by atoms with Crippen molar-refractivity contribution in [1.29, 1.82) is 0 Å². The largest absolute Gasteiger partial charge is 0.444 e. The second-order valence-corrected chi connectivity index (χ2v) is 8.90. The van der Waals surface area contributed by atoms with Crippen LogP contribution in [0.1, 0.15) is 45.9 Å². The summed E-state index contributed by atoms with van der Waals surface area (Å²) in [6, 6.07) is 6.34. The Bertz CT molecular complexity index is 815. The quantitative estimate of drug-likeness (QED) is 0.634. The summed E-state index contributed by atoms with van der Waals surface area (Å²) in [5, 5.41) is 1.20. The molecule has 130 valence electrons. The maximum atomic E-state index is 12.7. The molecule has 2 aromatic rings. The molecule has 1 aliphatic heterocycles. The van der Waals surface area contributed by atoms with Crippen LogP contribution in [0.15, 0.2) is 22.7 Å². The molecule has 2 heterocycles. The second kappa shape index (κ2) is 5.51. The molecule has 4 nitrogen and oxygen atoms in total. The molecule has 0 saturated heterocycles. The third-order valence-electron chi connectivity index (χ3n) is 4.76. The Hall–Kier alpha value is -1.49. The number of carbonyl (C=O) groups is 1. The van der Waals surface area contributed by atoms with Crippen molar-refractivity contribution in [3.8, 4) is 0 Å². The molecule has 0 aliphatic carbocycles. The molecule has 0 spiro atoms. The summed E-state index contributed by atoms with van der Waals surface area (Å²) in [4.78, 5) is 14.6. The van der Waals surface area contributed by atoms with Gasteiger partial charge in [0.25, 0.3) is 0 Å². The summed E-state index contributed by atoms with van der Waals surface area (Å²) in [5.74, 6) is 0. The summed E-state index contributed by atoms with van der Waals surface area (Å²) < 4.78 is 8.96. The normalized spacial score (nSPS) is 17.0. The molecular weight excluding hydrogens is 368 g/mol. The first kappa shape index (κ1) is 17.3. The number of rotatable bonds is 0. The van der Waals surface area contributed by atoms with E-state index < -0.39 is 11.1 Å². The summed E-state index contributed by atoms with van der Waals surface area (Å²) in [6.07, 6.45) is 0.591. The maximum absolute atomic E-state index is 12.7. The van der Waals surface area contributed by atoms with E-state index in [4.69, 9.17) is 4.74 Å². The Morgan fingerprint density at radius 1 is 1.29 bits per heavy atom. The van der Waals surface area contributed by atoms with Crippen LogP contribution in [0.2, 0.25) is 0 Å². The van der Waals surface area contributed by atoms with Crippen LogP contribution >= 0.6 is 15.9 Å². The lowest BCUT2D eigenvalue weighted by Crippen LogP contribution is -2.51. The molecule has 1 aromatic heterocycles. The Labute approximate surface area is 151 Å². The molecule has 0 bridgehead atoms. The van der Waals surface area contributed by atoms with E-state index in [0.717, 1.165) is 10.9 Å². The van der Waals surface area contributed by atoms with Crippen LogP contribution in [-0.4, -0.2) is 27.7 Å². The van der Waals surface area contributed by atoms with Crippen molar-refractivity contribution in [2.45, 2.75) is 52.2 Å². The highest BCUT2D eigenvalue weighted by Crippen LogP contribution is 2.42. The average molecular weight is 393 g/mol. The van der Waals surface area contributed by atoms with Crippen LogP contribution in [0.25, 0.3) is 10.9 Å². The Balaban J connectivity index is 2.11. The van der Waals surface area contributed by atoms with Gasteiger partial charge in [0, 0.05) is 46.6 Å². The molecular formula is C19H25BrN2O2. The van der Waals surface area contributed by atoms with Gasteiger partial charge >= 0.3 is 6.09 Å². The fourth-order valence-electron chi connectivity index (χ4n) is 3.71.